The van der Waals surface area contributed by atoms with Crippen LogP contribution in [0.1, 0.15) is 35.0 Å². The summed E-state index contributed by atoms with van der Waals surface area (Å²) in [7, 11) is 0. The fourth-order valence-corrected chi connectivity index (χ4v) is 5.48. The first-order valence-electron chi connectivity index (χ1n) is 11.5. The third kappa shape index (κ3) is 5.34. The Morgan fingerprint density at radius 3 is 2.58 bits per heavy atom. The Balaban J connectivity index is 1.39. The summed E-state index contributed by atoms with van der Waals surface area (Å²) in [4.78, 5) is 30.9. The Morgan fingerprint density at radius 2 is 1.84 bits per heavy atom. The molecule has 2 aliphatic heterocycles. The molecular formula is C22H34N6O2S. The van der Waals surface area contributed by atoms with Crippen LogP contribution in [0.5, 0.6) is 0 Å². The van der Waals surface area contributed by atoms with E-state index in [9.17, 15) is 4.79 Å². The number of morpholine rings is 1. The van der Waals surface area contributed by atoms with Gasteiger partial charge in [0.2, 0.25) is 0 Å². The minimum Gasteiger partial charge on any atom is -0.379 e. The van der Waals surface area contributed by atoms with E-state index in [1.165, 1.54) is 17.8 Å². The molecule has 0 aromatic carbocycles. The molecule has 0 radical (unpaired) electrons. The van der Waals surface area contributed by atoms with E-state index in [2.05, 4.69) is 36.9 Å². The van der Waals surface area contributed by atoms with E-state index in [1.54, 1.807) is 6.33 Å². The first-order chi connectivity index (χ1) is 15.2. The minimum atomic E-state index is 0.00110. The highest BCUT2D eigenvalue weighted by Crippen LogP contribution is 2.35. The molecule has 31 heavy (non-hydrogen) atoms. The van der Waals surface area contributed by atoms with Crippen LogP contribution in [0.3, 0.4) is 0 Å². The van der Waals surface area contributed by atoms with E-state index >= 15 is 0 Å². The fourth-order valence-electron chi connectivity index (χ4n) is 4.42. The minimum absolute atomic E-state index is 0.00110. The number of fused-ring (bicyclic) bond motifs is 1. The van der Waals surface area contributed by atoms with Crippen LogP contribution in [-0.2, 0) is 4.74 Å². The Hall–Kier alpha value is -1.81. The molecule has 0 saturated carbocycles. The van der Waals surface area contributed by atoms with Gasteiger partial charge in [0.1, 0.15) is 17.0 Å². The number of hydrogen-bond acceptors (Lipinski definition) is 8. The lowest BCUT2D eigenvalue weighted by molar-refractivity contribution is 0.0374. The molecule has 0 atom stereocenters. The predicted molar refractivity (Wildman–Crippen MR) is 125 cm³/mol. The van der Waals surface area contributed by atoms with Crippen molar-refractivity contribution in [1.29, 1.82) is 0 Å². The number of anilines is 1. The first kappa shape index (κ1) is 22.4. The van der Waals surface area contributed by atoms with Crippen LogP contribution in [0.2, 0.25) is 0 Å². The number of hydrogen-bond donors (Lipinski definition) is 1. The quantitative estimate of drug-likeness (QED) is 0.622. The van der Waals surface area contributed by atoms with Gasteiger partial charge in [-0.15, -0.1) is 11.3 Å². The van der Waals surface area contributed by atoms with Gasteiger partial charge in [0.05, 0.1) is 23.5 Å². The number of aromatic nitrogens is 2. The number of nitrogens with zero attached hydrogens (tertiary/aromatic N) is 5. The van der Waals surface area contributed by atoms with Crippen molar-refractivity contribution in [2.24, 2.45) is 0 Å². The fraction of sp³-hybridized carbons (Fsp3) is 0.682. The molecule has 2 aromatic rings. The highest BCUT2D eigenvalue weighted by Gasteiger charge is 2.24. The number of carbonyl (C=O) groups excluding carboxylic acids is 1. The number of aryl methyl sites for hydroxylation is 1. The predicted octanol–water partition coefficient (Wildman–Crippen LogP) is 1.98. The number of rotatable bonds is 8. The zero-order chi connectivity index (χ0) is 21.6. The van der Waals surface area contributed by atoms with Gasteiger partial charge >= 0.3 is 0 Å². The summed E-state index contributed by atoms with van der Waals surface area (Å²) in [5.74, 6) is 0.974. The summed E-state index contributed by atoms with van der Waals surface area (Å²) < 4.78 is 5.39. The molecule has 0 aliphatic carbocycles. The average molecular weight is 447 g/mol. The SMILES string of the molecule is CCCN1CCN(c2ncnc3sc(C(=O)NCCCN4CCOCC4)c(C)c23)CC1. The van der Waals surface area contributed by atoms with Crippen LogP contribution in [0.25, 0.3) is 10.2 Å². The molecular weight excluding hydrogens is 412 g/mol. The lowest BCUT2D eigenvalue weighted by atomic mass is 10.1. The van der Waals surface area contributed by atoms with E-state index < -0.39 is 0 Å². The van der Waals surface area contributed by atoms with E-state index in [-0.39, 0.29) is 5.91 Å². The van der Waals surface area contributed by atoms with Crippen LogP contribution in [0.4, 0.5) is 5.82 Å². The molecule has 4 rings (SSSR count). The van der Waals surface area contributed by atoms with E-state index in [4.69, 9.17) is 4.74 Å². The maximum Gasteiger partial charge on any atom is 0.261 e. The van der Waals surface area contributed by atoms with Gasteiger partial charge in [0, 0.05) is 45.8 Å². The molecule has 8 nitrogen and oxygen atoms in total. The van der Waals surface area contributed by atoms with Crippen molar-refractivity contribution >= 4 is 33.3 Å². The number of ether oxygens (including phenoxy) is 1. The molecule has 2 fully saturated rings. The zero-order valence-corrected chi connectivity index (χ0v) is 19.5. The third-order valence-electron chi connectivity index (χ3n) is 6.17. The highest BCUT2D eigenvalue weighted by molar-refractivity contribution is 7.20. The van der Waals surface area contributed by atoms with Gasteiger partial charge in [-0.25, -0.2) is 9.97 Å². The molecule has 0 spiro atoms. The molecule has 2 saturated heterocycles. The van der Waals surface area contributed by atoms with Crippen LogP contribution in [-0.4, -0.2) is 97.8 Å². The van der Waals surface area contributed by atoms with E-state index in [0.717, 1.165) is 98.5 Å². The van der Waals surface area contributed by atoms with Crippen LogP contribution in [0, 0.1) is 6.92 Å². The second-order valence-electron chi connectivity index (χ2n) is 8.33. The van der Waals surface area contributed by atoms with Crippen molar-refractivity contribution in [2.45, 2.75) is 26.7 Å². The number of piperazine rings is 1. The Bertz CT molecular complexity index is 874. The Kier molecular flexibility index (Phi) is 7.71. The number of thiophene rings is 1. The van der Waals surface area contributed by atoms with Gasteiger partial charge in [-0.2, -0.15) is 0 Å². The summed E-state index contributed by atoms with van der Waals surface area (Å²) >= 11 is 1.48. The monoisotopic (exact) mass is 446 g/mol. The van der Waals surface area contributed by atoms with Crippen LogP contribution >= 0.6 is 11.3 Å². The number of nitrogens with one attached hydrogen (secondary N) is 1. The molecule has 1 amide bonds. The van der Waals surface area contributed by atoms with Gasteiger partial charge in [-0.1, -0.05) is 6.92 Å². The maximum atomic E-state index is 12.9. The van der Waals surface area contributed by atoms with Crippen molar-refractivity contribution in [3.63, 3.8) is 0 Å². The lowest BCUT2D eigenvalue weighted by Crippen LogP contribution is -2.46. The normalized spacial score (nSPS) is 18.6. The van der Waals surface area contributed by atoms with Gasteiger partial charge in [0.25, 0.3) is 5.91 Å². The van der Waals surface area contributed by atoms with Crippen LogP contribution in [0.15, 0.2) is 6.33 Å². The largest absolute Gasteiger partial charge is 0.379 e. The molecule has 9 heteroatoms. The second kappa shape index (κ2) is 10.7. The van der Waals surface area contributed by atoms with Crippen molar-refractivity contribution in [3.05, 3.63) is 16.8 Å². The lowest BCUT2D eigenvalue weighted by Gasteiger charge is -2.35. The van der Waals surface area contributed by atoms with Crippen LogP contribution < -0.4 is 10.2 Å². The topological polar surface area (TPSA) is 73.8 Å². The van der Waals surface area contributed by atoms with Crippen molar-refractivity contribution in [2.75, 3.05) is 77.0 Å². The molecule has 0 bridgehead atoms. The number of carbonyl (C=O) groups is 1. The summed E-state index contributed by atoms with van der Waals surface area (Å²) in [5, 5.41) is 4.14. The molecule has 2 aromatic heterocycles. The zero-order valence-electron chi connectivity index (χ0n) is 18.7. The molecule has 2 aliphatic rings. The van der Waals surface area contributed by atoms with Crippen molar-refractivity contribution in [3.8, 4) is 0 Å². The molecule has 1 N–H and O–H groups in total. The third-order valence-corrected chi connectivity index (χ3v) is 7.36. The Labute approximate surface area is 188 Å². The van der Waals surface area contributed by atoms with Gasteiger partial charge in [0.15, 0.2) is 0 Å². The van der Waals surface area contributed by atoms with Crippen molar-refractivity contribution in [1.82, 2.24) is 25.1 Å². The smallest absolute Gasteiger partial charge is 0.261 e. The second-order valence-corrected chi connectivity index (χ2v) is 9.32. The average Bonchev–Trinajstić information content (AvgIpc) is 3.15. The molecule has 4 heterocycles. The van der Waals surface area contributed by atoms with Gasteiger partial charge < -0.3 is 15.0 Å². The van der Waals surface area contributed by atoms with Gasteiger partial charge in [-0.05, 0) is 38.4 Å². The van der Waals surface area contributed by atoms with E-state index in [1.807, 2.05) is 6.92 Å². The molecule has 0 unspecified atom stereocenters. The molecule has 170 valence electrons. The summed E-state index contributed by atoms with van der Waals surface area (Å²) in [6.45, 7) is 14.7. The standard InChI is InChI=1S/C22H34N6O2S/c1-3-6-26-8-10-28(11-9-26)20-18-17(2)19(31-22(18)25-16-24-20)21(29)23-5-4-7-27-12-14-30-15-13-27/h16H,3-15H2,1-2H3,(H,23,29). The maximum absolute atomic E-state index is 12.9. The summed E-state index contributed by atoms with van der Waals surface area (Å²) in [5.41, 5.74) is 0.997. The first-order valence-corrected chi connectivity index (χ1v) is 12.3. The summed E-state index contributed by atoms with van der Waals surface area (Å²) in [6.07, 6.45) is 3.77. The van der Waals surface area contributed by atoms with Gasteiger partial charge in [-0.3, -0.25) is 14.6 Å². The highest BCUT2D eigenvalue weighted by atomic mass is 32.1. The van der Waals surface area contributed by atoms with E-state index in [0.29, 0.717) is 6.54 Å². The summed E-state index contributed by atoms with van der Waals surface area (Å²) in [6, 6.07) is 0. The number of amides is 1. The Morgan fingerprint density at radius 1 is 1.10 bits per heavy atom. The van der Waals surface area contributed by atoms with Crippen molar-refractivity contribution < 1.29 is 9.53 Å².